The van der Waals surface area contributed by atoms with Crippen molar-refractivity contribution < 1.29 is 18.3 Å². The minimum atomic E-state index is -4.56. The summed E-state index contributed by atoms with van der Waals surface area (Å²) in [5, 5.41) is 11.3. The second-order valence-electron chi connectivity index (χ2n) is 3.61. The average Bonchev–Trinajstić information content (AvgIpc) is 2.69. The zero-order valence-corrected chi connectivity index (χ0v) is 9.03. The molecule has 2 aromatic rings. The number of nitrogens with one attached hydrogen (secondary N) is 1. The highest BCUT2D eigenvalue weighted by Gasteiger charge is 2.34. The smallest absolute Gasteiger partial charge is 0.391 e. The Balaban J connectivity index is 2.65. The normalized spacial score (nSPS) is 11.8. The first-order valence-electron chi connectivity index (χ1n) is 5.02. The number of H-pyrrole nitrogens is 1. The number of para-hydroxylation sites is 1. The Hall–Kier alpha value is -2.02. The molecule has 0 atom stereocenters. The lowest BCUT2D eigenvalue weighted by Gasteiger charge is -2.12. The predicted octanol–water partition coefficient (Wildman–Crippen LogP) is 1.68. The third-order valence-corrected chi connectivity index (χ3v) is 2.47. The number of benzene rings is 1. The van der Waals surface area contributed by atoms with Gasteiger partial charge in [-0.15, -0.1) is 0 Å². The Bertz CT molecular complexity index is 613. The van der Waals surface area contributed by atoms with Crippen LogP contribution in [0.1, 0.15) is 11.1 Å². The Morgan fingerprint density at radius 3 is 2.50 bits per heavy atom. The van der Waals surface area contributed by atoms with E-state index in [0.717, 1.165) is 10.7 Å². The highest BCUT2D eigenvalue weighted by atomic mass is 19.4. The second-order valence-corrected chi connectivity index (χ2v) is 3.61. The summed E-state index contributed by atoms with van der Waals surface area (Å²) in [5.74, 6) is 0. The number of aromatic nitrogens is 2. The van der Waals surface area contributed by atoms with Crippen molar-refractivity contribution in [3.05, 3.63) is 51.9 Å². The standard InChI is InChI=1S/C11H9F3N2O2/c12-11(13,14)8-3-1-2-4-9(8)16-10(18)7(6-17)5-15-16/h1-5,15,17H,6H2. The molecule has 0 aliphatic carbocycles. The minimum Gasteiger partial charge on any atom is -0.391 e. The first-order chi connectivity index (χ1) is 8.45. The van der Waals surface area contributed by atoms with Crippen molar-refractivity contribution in [2.75, 3.05) is 0 Å². The lowest BCUT2D eigenvalue weighted by Crippen LogP contribution is -2.21. The van der Waals surface area contributed by atoms with Crippen molar-refractivity contribution in [2.24, 2.45) is 0 Å². The molecule has 0 saturated heterocycles. The summed E-state index contributed by atoms with van der Waals surface area (Å²) in [6.07, 6.45) is -3.38. The summed E-state index contributed by atoms with van der Waals surface area (Å²) in [5.41, 5.74) is -1.91. The number of hydrogen-bond acceptors (Lipinski definition) is 2. The van der Waals surface area contributed by atoms with Gasteiger partial charge >= 0.3 is 6.18 Å². The number of aliphatic hydroxyl groups is 1. The lowest BCUT2D eigenvalue weighted by atomic mass is 10.1. The summed E-state index contributed by atoms with van der Waals surface area (Å²) >= 11 is 0. The molecule has 1 aromatic heterocycles. The molecule has 0 amide bonds. The number of halogens is 3. The van der Waals surface area contributed by atoms with Gasteiger partial charge < -0.3 is 5.11 Å². The van der Waals surface area contributed by atoms with E-state index in [2.05, 4.69) is 5.10 Å². The van der Waals surface area contributed by atoms with Gasteiger partial charge in [0.05, 0.1) is 23.4 Å². The fourth-order valence-electron chi connectivity index (χ4n) is 1.61. The van der Waals surface area contributed by atoms with Gasteiger partial charge in [-0.1, -0.05) is 12.1 Å². The predicted molar refractivity (Wildman–Crippen MR) is 57.3 cm³/mol. The van der Waals surface area contributed by atoms with Gasteiger partial charge in [0.2, 0.25) is 0 Å². The van der Waals surface area contributed by atoms with Gasteiger partial charge in [0.25, 0.3) is 5.56 Å². The zero-order valence-electron chi connectivity index (χ0n) is 9.03. The van der Waals surface area contributed by atoms with Crippen molar-refractivity contribution in [1.29, 1.82) is 0 Å². The van der Waals surface area contributed by atoms with E-state index in [9.17, 15) is 18.0 Å². The highest BCUT2D eigenvalue weighted by Crippen LogP contribution is 2.32. The van der Waals surface area contributed by atoms with Gasteiger partial charge in [0.1, 0.15) is 0 Å². The maximum Gasteiger partial charge on any atom is 0.418 e. The van der Waals surface area contributed by atoms with E-state index in [1.807, 2.05) is 0 Å². The Morgan fingerprint density at radius 1 is 1.28 bits per heavy atom. The van der Waals surface area contributed by atoms with Crippen LogP contribution in [-0.2, 0) is 12.8 Å². The van der Waals surface area contributed by atoms with Crippen molar-refractivity contribution >= 4 is 0 Å². The largest absolute Gasteiger partial charge is 0.418 e. The van der Waals surface area contributed by atoms with E-state index in [1.165, 1.54) is 24.4 Å². The molecule has 0 spiro atoms. The molecule has 1 aromatic carbocycles. The molecule has 18 heavy (non-hydrogen) atoms. The van der Waals surface area contributed by atoms with Gasteiger partial charge in [-0.2, -0.15) is 13.2 Å². The molecule has 96 valence electrons. The fraction of sp³-hybridized carbons (Fsp3) is 0.182. The lowest BCUT2D eigenvalue weighted by molar-refractivity contribution is -0.137. The average molecular weight is 258 g/mol. The summed E-state index contributed by atoms with van der Waals surface area (Å²) in [6, 6.07) is 4.72. The third kappa shape index (κ3) is 2.04. The van der Waals surface area contributed by atoms with Crippen LogP contribution < -0.4 is 5.56 Å². The summed E-state index contributed by atoms with van der Waals surface area (Å²) < 4.78 is 39.1. The quantitative estimate of drug-likeness (QED) is 0.861. The zero-order chi connectivity index (χ0) is 13.3. The number of aliphatic hydroxyl groups excluding tert-OH is 1. The summed E-state index contributed by atoms with van der Waals surface area (Å²) in [4.78, 5) is 11.7. The second kappa shape index (κ2) is 4.34. The minimum absolute atomic E-state index is 0.00646. The highest BCUT2D eigenvalue weighted by molar-refractivity contribution is 5.42. The van der Waals surface area contributed by atoms with Crippen LogP contribution in [0.5, 0.6) is 0 Å². The summed E-state index contributed by atoms with van der Waals surface area (Å²) in [7, 11) is 0. The molecule has 0 saturated carbocycles. The first kappa shape index (κ1) is 12.4. The van der Waals surface area contributed by atoms with Gasteiger partial charge in [-0.3, -0.25) is 9.89 Å². The van der Waals surface area contributed by atoms with Crippen molar-refractivity contribution in [2.45, 2.75) is 12.8 Å². The molecule has 2 N–H and O–H groups in total. The number of nitrogens with zero attached hydrogens (tertiary/aromatic N) is 1. The van der Waals surface area contributed by atoms with Crippen molar-refractivity contribution in [1.82, 2.24) is 9.78 Å². The van der Waals surface area contributed by atoms with E-state index in [-0.39, 0.29) is 11.3 Å². The Kier molecular flexibility index (Phi) is 3.00. The number of alkyl halides is 3. The molecule has 0 unspecified atom stereocenters. The third-order valence-electron chi connectivity index (χ3n) is 2.47. The van der Waals surface area contributed by atoms with Gasteiger partial charge in [0, 0.05) is 6.20 Å². The van der Waals surface area contributed by atoms with Gasteiger partial charge in [-0.05, 0) is 12.1 Å². The van der Waals surface area contributed by atoms with Crippen LogP contribution in [0, 0.1) is 0 Å². The molecular formula is C11H9F3N2O2. The molecule has 4 nitrogen and oxygen atoms in total. The molecule has 1 heterocycles. The first-order valence-corrected chi connectivity index (χ1v) is 5.02. The molecule has 2 rings (SSSR count). The molecule has 0 aliphatic heterocycles. The number of aromatic amines is 1. The van der Waals surface area contributed by atoms with Crippen LogP contribution in [0.3, 0.4) is 0 Å². The van der Waals surface area contributed by atoms with E-state index >= 15 is 0 Å². The molecule has 0 aliphatic rings. The van der Waals surface area contributed by atoms with E-state index in [0.29, 0.717) is 0 Å². The SMILES string of the molecule is O=c1c(CO)c[nH]n1-c1ccccc1C(F)(F)F. The van der Waals surface area contributed by atoms with Crippen LogP contribution in [0.15, 0.2) is 35.3 Å². The van der Waals surface area contributed by atoms with Crippen LogP contribution in [-0.4, -0.2) is 14.9 Å². The van der Waals surface area contributed by atoms with Crippen LogP contribution in [0.25, 0.3) is 5.69 Å². The number of rotatable bonds is 2. The molecular weight excluding hydrogens is 249 g/mol. The number of hydrogen-bond donors (Lipinski definition) is 2. The Labute approximate surface area is 99.3 Å². The van der Waals surface area contributed by atoms with E-state index < -0.39 is 23.9 Å². The van der Waals surface area contributed by atoms with Gasteiger partial charge in [-0.25, -0.2) is 4.68 Å². The topological polar surface area (TPSA) is 58.0 Å². The maximum absolute atomic E-state index is 12.8. The summed E-state index contributed by atoms with van der Waals surface area (Å²) in [6.45, 7) is -0.531. The van der Waals surface area contributed by atoms with Crippen LogP contribution >= 0.6 is 0 Å². The molecule has 7 heteroatoms. The fourth-order valence-corrected chi connectivity index (χ4v) is 1.61. The maximum atomic E-state index is 12.8. The van der Waals surface area contributed by atoms with Gasteiger partial charge in [0.15, 0.2) is 0 Å². The van der Waals surface area contributed by atoms with E-state index in [4.69, 9.17) is 5.11 Å². The van der Waals surface area contributed by atoms with Crippen LogP contribution in [0.4, 0.5) is 13.2 Å². The molecule has 0 bridgehead atoms. The van der Waals surface area contributed by atoms with E-state index in [1.54, 1.807) is 0 Å². The Morgan fingerprint density at radius 2 is 1.94 bits per heavy atom. The molecule has 0 radical (unpaired) electrons. The molecule has 0 fully saturated rings. The van der Waals surface area contributed by atoms with Crippen LogP contribution in [0.2, 0.25) is 0 Å². The van der Waals surface area contributed by atoms with Crippen molar-refractivity contribution in [3.63, 3.8) is 0 Å². The monoisotopic (exact) mass is 258 g/mol. The van der Waals surface area contributed by atoms with Crippen molar-refractivity contribution in [3.8, 4) is 5.69 Å².